The number of allylic oxidation sites excluding steroid dienone is 2. The summed E-state index contributed by atoms with van der Waals surface area (Å²) in [5.41, 5.74) is 1.10. The number of aliphatic imine (C=N–C) groups is 1. The Morgan fingerprint density at radius 3 is 2.60 bits per heavy atom. The van der Waals surface area contributed by atoms with Crippen molar-refractivity contribution in [3.63, 3.8) is 0 Å². The van der Waals surface area contributed by atoms with Crippen LogP contribution in [0.4, 0.5) is 0 Å². The summed E-state index contributed by atoms with van der Waals surface area (Å²) in [6.45, 7) is 11.2. The van der Waals surface area contributed by atoms with Crippen molar-refractivity contribution >= 4 is 18.5 Å². The van der Waals surface area contributed by atoms with E-state index in [-0.39, 0.29) is 0 Å². The van der Waals surface area contributed by atoms with Gasteiger partial charge in [-0.2, -0.15) is 0 Å². The van der Waals surface area contributed by atoms with Crippen LogP contribution >= 0.6 is 11.8 Å². The van der Waals surface area contributed by atoms with Gasteiger partial charge in [0.25, 0.3) is 0 Å². The molecule has 1 nitrogen and oxygen atoms in total. The molecule has 0 spiro atoms. The number of hydrogen-bond donors (Lipinski definition) is 0. The second kappa shape index (κ2) is 5.30. The SMILES string of the molecule is C=C/C(C)=C(\N=C)SCC. The molecule has 0 radical (unpaired) electrons. The third-order valence-electron chi connectivity index (χ3n) is 1.07. The van der Waals surface area contributed by atoms with E-state index in [0.717, 1.165) is 16.4 Å². The summed E-state index contributed by atoms with van der Waals surface area (Å²) < 4.78 is 0. The fourth-order valence-electron chi connectivity index (χ4n) is 0.508. The van der Waals surface area contributed by atoms with Crippen molar-refractivity contribution in [2.75, 3.05) is 5.75 Å². The van der Waals surface area contributed by atoms with Gasteiger partial charge in [0.05, 0.1) is 5.03 Å². The van der Waals surface area contributed by atoms with Crippen molar-refractivity contribution in [2.45, 2.75) is 13.8 Å². The van der Waals surface area contributed by atoms with Crippen molar-refractivity contribution < 1.29 is 0 Å². The molecular formula is C8H13NS. The lowest BCUT2D eigenvalue weighted by atomic mass is 10.3. The molecule has 0 aliphatic heterocycles. The number of nitrogens with zero attached hydrogens (tertiary/aromatic N) is 1. The van der Waals surface area contributed by atoms with E-state index in [2.05, 4.69) is 25.2 Å². The summed E-state index contributed by atoms with van der Waals surface area (Å²) in [6, 6.07) is 0. The Labute approximate surface area is 66.9 Å². The predicted molar refractivity (Wildman–Crippen MR) is 50.6 cm³/mol. The van der Waals surface area contributed by atoms with Crippen LogP contribution in [0, 0.1) is 0 Å². The average molecular weight is 155 g/mol. The standard InChI is InChI=1S/C8H13NS/c1-5-7(3)8(9-4)10-6-2/h5H,1,4,6H2,2-3H3/b8-7+. The first-order chi connectivity index (χ1) is 4.76. The minimum Gasteiger partial charge on any atom is -0.257 e. The van der Waals surface area contributed by atoms with Crippen LogP contribution in [0.15, 0.2) is 28.2 Å². The zero-order chi connectivity index (χ0) is 7.98. The molecule has 0 aromatic rings. The van der Waals surface area contributed by atoms with Crippen LogP contribution in [0.1, 0.15) is 13.8 Å². The molecule has 0 bridgehead atoms. The molecule has 10 heavy (non-hydrogen) atoms. The van der Waals surface area contributed by atoms with Crippen molar-refractivity contribution in [2.24, 2.45) is 4.99 Å². The van der Waals surface area contributed by atoms with Gasteiger partial charge in [0.15, 0.2) is 0 Å². The first-order valence-corrected chi connectivity index (χ1v) is 4.17. The van der Waals surface area contributed by atoms with Gasteiger partial charge in [0.1, 0.15) is 0 Å². The highest BCUT2D eigenvalue weighted by Crippen LogP contribution is 2.20. The molecule has 0 amide bonds. The van der Waals surface area contributed by atoms with Crippen LogP contribution < -0.4 is 0 Å². The molecule has 0 unspecified atom stereocenters. The van der Waals surface area contributed by atoms with Crippen molar-refractivity contribution in [3.8, 4) is 0 Å². The fourth-order valence-corrected chi connectivity index (χ4v) is 1.18. The molecule has 0 aromatic carbocycles. The largest absolute Gasteiger partial charge is 0.257 e. The molecule has 0 saturated carbocycles. The van der Waals surface area contributed by atoms with Crippen LogP contribution in [-0.2, 0) is 0 Å². The summed E-state index contributed by atoms with van der Waals surface area (Å²) in [5, 5.41) is 0.984. The Kier molecular flexibility index (Phi) is 5.03. The van der Waals surface area contributed by atoms with Gasteiger partial charge in [-0.3, -0.25) is 4.99 Å². The van der Waals surface area contributed by atoms with Crippen molar-refractivity contribution in [1.82, 2.24) is 0 Å². The summed E-state index contributed by atoms with van der Waals surface area (Å²) in [7, 11) is 0. The van der Waals surface area contributed by atoms with E-state index in [0.29, 0.717) is 0 Å². The third kappa shape index (κ3) is 2.87. The zero-order valence-corrected chi connectivity index (χ0v) is 7.37. The smallest absolute Gasteiger partial charge is 0.0981 e. The highest BCUT2D eigenvalue weighted by Gasteiger charge is 1.94. The summed E-state index contributed by atoms with van der Waals surface area (Å²) in [6.07, 6.45) is 1.80. The molecule has 0 aromatic heterocycles. The normalized spacial score (nSPS) is 12.2. The van der Waals surface area contributed by atoms with Crippen LogP contribution in [0.3, 0.4) is 0 Å². The van der Waals surface area contributed by atoms with Gasteiger partial charge in [-0.05, 0) is 25.0 Å². The predicted octanol–water partition coefficient (Wildman–Crippen LogP) is 2.86. The van der Waals surface area contributed by atoms with Gasteiger partial charge in [-0.1, -0.05) is 19.6 Å². The second-order valence-corrected chi connectivity index (χ2v) is 3.04. The Balaban J connectivity index is 4.28. The van der Waals surface area contributed by atoms with Gasteiger partial charge >= 0.3 is 0 Å². The monoisotopic (exact) mass is 155 g/mol. The number of rotatable bonds is 4. The van der Waals surface area contributed by atoms with Gasteiger partial charge in [0, 0.05) is 0 Å². The summed E-state index contributed by atoms with van der Waals surface area (Å²) >= 11 is 1.69. The minimum atomic E-state index is 0.984. The van der Waals surface area contributed by atoms with E-state index in [9.17, 15) is 0 Å². The molecule has 0 N–H and O–H groups in total. The minimum absolute atomic E-state index is 0.984. The van der Waals surface area contributed by atoms with E-state index in [1.165, 1.54) is 0 Å². The molecule has 0 atom stereocenters. The van der Waals surface area contributed by atoms with Gasteiger partial charge < -0.3 is 0 Å². The zero-order valence-electron chi connectivity index (χ0n) is 6.55. The van der Waals surface area contributed by atoms with Gasteiger partial charge in [0.2, 0.25) is 0 Å². The molecular weight excluding hydrogens is 142 g/mol. The molecule has 0 aliphatic rings. The van der Waals surface area contributed by atoms with Gasteiger partial charge in [-0.25, -0.2) is 0 Å². The Morgan fingerprint density at radius 2 is 2.30 bits per heavy atom. The lowest BCUT2D eigenvalue weighted by Crippen LogP contribution is -1.77. The van der Waals surface area contributed by atoms with Crippen molar-refractivity contribution in [1.29, 1.82) is 0 Å². The first kappa shape index (κ1) is 9.50. The molecule has 0 fully saturated rings. The van der Waals surface area contributed by atoms with Crippen LogP contribution in [0.25, 0.3) is 0 Å². The Bertz CT molecular complexity index is 159. The fraction of sp³-hybridized carbons (Fsp3) is 0.375. The highest BCUT2D eigenvalue weighted by atomic mass is 32.2. The lowest BCUT2D eigenvalue weighted by Gasteiger charge is -1.99. The summed E-state index contributed by atoms with van der Waals surface area (Å²) in [4.78, 5) is 3.87. The maximum absolute atomic E-state index is 3.87. The number of thioether (sulfide) groups is 1. The molecule has 0 aliphatic carbocycles. The van der Waals surface area contributed by atoms with Gasteiger partial charge in [-0.15, -0.1) is 11.8 Å². The molecule has 0 saturated heterocycles. The topological polar surface area (TPSA) is 12.4 Å². The van der Waals surface area contributed by atoms with Crippen LogP contribution in [-0.4, -0.2) is 12.5 Å². The Morgan fingerprint density at radius 1 is 1.70 bits per heavy atom. The first-order valence-electron chi connectivity index (χ1n) is 3.19. The second-order valence-electron chi connectivity index (χ2n) is 1.78. The lowest BCUT2D eigenvalue weighted by molar-refractivity contribution is 1.40. The van der Waals surface area contributed by atoms with Crippen LogP contribution in [0.5, 0.6) is 0 Å². The molecule has 0 heterocycles. The maximum Gasteiger partial charge on any atom is 0.0981 e. The molecule has 2 heteroatoms. The van der Waals surface area contributed by atoms with E-state index in [1.807, 2.05) is 6.92 Å². The van der Waals surface area contributed by atoms with E-state index in [4.69, 9.17) is 0 Å². The summed E-state index contributed by atoms with van der Waals surface area (Å²) in [5.74, 6) is 1.03. The van der Waals surface area contributed by atoms with E-state index < -0.39 is 0 Å². The average Bonchev–Trinajstić information content (AvgIpc) is 1.99. The quantitative estimate of drug-likeness (QED) is 0.449. The van der Waals surface area contributed by atoms with E-state index >= 15 is 0 Å². The number of hydrogen-bond acceptors (Lipinski definition) is 2. The molecule has 0 rings (SSSR count). The molecule has 56 valence electrons. The van der Waals surface area contributed by atoms with Crippen molar-refractivity contribution in [3.05, 3.63) is 23.3 Å². The highest BCUT2D eigenvalue weighted by molar-refractivity contribution is 8.03. The van der Waals surface area contributed by atoms with Crippen LogP contribution in [0.2, 0.25) is 0 Å². The third-order valence-corrected chi connectivity index (χ3v) is 2.08. The van der Waals surface area contributed by atoms with E-state index in [1.54, 1.807) is 17.8 Å². The Hall–Kier alpha value is -0.500. The maximum atomic E-state index is 3.87.